The van der Waals surface area contributed by atoms with Crippen molar-refractivity contribution in [2.45, 2.75) is 38.1 Å². The maximum atomic E-state index is 12.4. The van der Waals surface area contributed by atoms with Crippen molar-refractivity contribution in [3.8, 4) is 0 Å². The minimum Gasteiger partial charge on any atom is -0.360 e. The number of aromatic nitrogens is 3. The van der Waals surface area contributed by atoms with Gasteiger partial charge in [-0.2, -0.15) is 4.72 Å². The Morgan fingerprint density at radius 3 is 2.70 bits per heavy atom. The second-order valence-electron chi connectivity index (χ2n) is 6.24. The zero-order valence-electron chi connectivity index (χ0n) is 15.2. The normalized spacial score (nSPS) is 13.0. The molecule has 0 saturated heterocycles. The number of nitrogens with zero attached hydrogens (tertiary/aromatic N) is 2. The first kappa shape index (κ1) is 19.1. The lowest BCUT2D eigenvalue weighted by atomic mass is 10.3. The summed E-state index contributed by atoms with van der Waals surface area (Å²) in [6.45, 7) is 4.85. The number of fused-ring (bicyclic) bond motifs is 1. The molecule has 10 heteroatoms. The molecule has 1 amide bonds. The van der Waals surface area contributed by atoms with Gasteiger partial charge in [-0.05, 0) is 32.9 Å². The number of benzene rings is 1. The smallest absolute Gasteiger partial charge is 0.246 e. The van der Waals surface area contributed by atoms with Crippen LogP contribution in [0.25, 0.3) is 11.0 Å². The number of hydrogen-bond acceptors (Lipinski definition) is 6. The topological polar surface area (TPSA) is 130 Å². The van der Waals surface area contributed by atoms with Crippen LogP contribution in [0.1, 0.15) is 24.2 Å². The average Bonchev–Trinajstić information content (AvgIpc) is 3.17. The van der Waals surface area contributed by atoms with Crippen molar-refractivity contribution in [1.29, 1.82) is 0 Å². The number of aromatic amines is 1. The molecule has 3 aromatic rings. The highest BCUT2D eigenvalue weighted by Crippen LogP contribution is 2.18. The van der Waals surface area contributed by atoms with Crippen LogP contribution in [0.4, 0.5) is 0 Å². The lowest BCUT2D eigenvalue weighted by Crippen LogP contribution is -2.45. The van der Waals surface area contributed by atoms with Gasteiger partial charge in [0.15, 0.2) is 5.76 Å². The second-order valence-corrected chi connectivity index (χ2v) is 7.89. The molecule has 0 aliphatic heterocycles. The zero-order valence-corrected chi connectivity index (χ0v) is 16.1. The van der Waals surface area contributed by atoms with E-state index in [0.717, 1.165) is 16.9 Å². The van der Waals surface area contributed by atoms with Gasteiger partial charge in [-0.25, -0.2) is 13.4 Å². The lowest BCUT2D eigenvalue weighted by molar-refractivity contribution is -0.122. The van der Waals surface area contributed by atoms with Crippen LogP contribution < -0.4 is 10.0 Å². The Bertz CT molecular complexity index is 1020. The van der Waals surface area contributed by atoms with Gasteiger partial charge in [0.25, 0.3) is 0 Å². The summed E-state index contributed by atoms with van der Waals surface area (Å²) >= 11 is 0. The van der Waals surface area contributed by atoms with Gasteiger partial charge in [0.05, 0.1) is 17.1 Å². The van der Waals surface area contributed by atoms with Gasteiger partial charge in [0.2, 0.25) is 15.9 Å². The van der Waals surface area contributed by atoms with Crippen molar-refractivity contribution >= 4 is 27.0 Å². The van der Waals surface area contributed by atoms with Crippen LogP contribution in [0.15, 0.2) is 33.7 Å². The molecule has 0 radical (unpaired) electrons. The number of sulfonamides is 1. The van der Waals surface area contributed by atoms with E-state index in [2.05, 4.69) is 25.2 Å². The minimum absolute atomic E-state index is 0.0376. The van der Waals surface area contributed by atoms with E-state index < -0.39 is 22.0 Å². The van der Waals surface area contributed by atoms with Crippen molar-refractivity contribution < 1.29 is 17.7 Å². The highest BCUT2D eigenvalue weighted by molar-refractivity contribution is 7.89. The first-order valence-corrected chi connectivity index (χ1v) is 9.93. The maximum Gasteiger partial charge on any atom is 0.246 e. The van der Waals surface area contributed by atoms with E-state index >= 15 is 0 Å². The quantitative estimate of drug-likeness (QED) is 0.555. The van der Waals surface area contributed by atoms with E-state index in [1.54, 1.807) is 0 Å². The molecule has 2 aromatic heterocycles. The van der Waals surface area contributed by atoms with E-state index in [1.165, 1.54) is 20.8 Å². The first-order valence-electron chi connectivity index (χ1n) is 8.44. The van der Waals surface area contributed by atoms with Gasteiger partial charge in [-0.3, -0.25) is 4.79 Å². The van der Waals surface area contributed by atoms with Crippen LogP contribution >= 0.6 is 0 Å². The molecule has 3 N–H and O–H groups in total. The van der Waals surface area contributed by atoms with Crippen molar-refractivity contribution in [3.63, 3.8) is 0 Å². The van der Waals surface area contributed by atoms with E-state index in [9.17, 15) is 13.2 Å². The van der Waals surface area contributed by atoms with E-state index in [-0.39, 0.29) is 16.3 Å². The molecule has 1 atom stereocenters. The predicted molar refractivity (Wildman–Crippen MR) is 98.6 cm³/mol. The van der Waals surface area contributed by atoms with Crippen molar-refractivity contribution in [1.82, 2.24) is 25.2 Å². The molecule has 0 fully saturated rings. The van der Waals surface area contributed by atoms with E-state index in [4.69, 9.17) is 4.52 Å². The number of nitrogens with one attached hydrogen (secondary N) is 3. The van der Waals surface area contributed by atoms with Crippen LogP contribution in [0.5, 0.6) is 0 Å². The molecule has 1 aromatic carbocycles. The summed E-state index contributed by atoms with van der Waals surface area (Å²) in [5, 5.41) is 6.34. The summed E-state index contributed by atoms with van der Waals surface area (Å²) < 4.78 is 32.1. The van der Waals surface area contributed by atoms with E-state index in [0.29, 0.717) is 13.0 Å². The van der Waals surface area contributed by atoms with Crippen LogP contribution in [-0.4, -0.2) is 42.0 Å². The van der Waals surface area contributed by atoms with Crippen LogP contribution in [0.2, 0.25) is 0 Å². The Kier molecular flexibility index (Phi) is 5.29. The molecule has 27 heavy (non-hydrogen) atoms. The summed E-state index contributed by atoms with van der Waals surface area (Å²) in [5.41, 5.74) is 2.04. The number of aryl methyl sites for hydroxylation is 2. The Balaban J connectivity index is 1.56. The highest BCUT2D eigenvalue weighted by Gasteiger charge is 2.27. The predicted octanol–water partition coefficient (Wildman–Crippen LogP) is 1.19. The van der Waals surface area contributed by atoms with Crippen LogP contribution in [0, 0.1) is 13.8 Å². The van der Waals surface area contributed by atoms with Gasteiger partial charge < -0.3 is 14.8 Å². The monoisotopic (exact) mass is 391 g/mol. The number of para-hydroxylation sites is 2. The van der Waals surface area contributed by atoms with Crippen molar-refractivity contribution in [2.75, 3.05) is 6.54 Å². The number of carbonyl (C=O) groups is 1. The SMILES string of the molecule is Cc1noc(C)c1S(=O)(=O)NC(C)C(=O)NCCc1nc2ccccc2[nH]1. The van der Waals surface area contributed by atoms with Crippen molar-refractivity contribution in [2.24, 2.45) is 0 Å². The molecule has 2 heterocycles. The first-order chi connectivity index (χ1) is 12.8. The molecule has 0 saturated carbocycles. The molecule has 144 valence electrons. The third-order valence-electron chi connectivity index (χ3n) is 4.06. The maximum absolute atomic E-state index is 12.4. The minimum atomic E-state index is -3.90. The summed E-state index contributed by atoms with van der Waals surface area (Å²) in [5.74, 6) is 0.499. The Morgan fingerprint density at radius 2 is 2.04 bits per heavy atom. The number of amides is 1. The average molecular weight is 391 g/mol. The third kappa shape index (κ3) is 4.17. The second kappa shape index (κ2) is 7.49. The van der Waals surface area contributed by atoms with Gasteiger partial charge in [-0.1, -0.05) is 17.3 Å². The third-order valence-corrected chi connectivity index (χ3v) is 5.85. The summed E-state index contributed by atoms with van der Waals surface area (Å²) in [6, 6.07) is 6.70. The van der Waals surface area contributed by atoms with Crippen LogP contribution in [-0.2, 0) is 21.2 Å². The van der Waals surface area contributed by atoms with E-state index in [1.807, 2.05) is 24.3 Å². The van der Waals surface area contributed by atoms with Crippen LogP contribution in [0.3, 0.4) is 0 Å². The fourth-order valence-electron chi connectivity index (χ4n) is 2.78. The molecule has 0 spiro atoms. The zero-order chi connectivity index (χ0) is 19.6. The fourth-order valence-corrected chi connectivity index (χ4v) is 4.32. The van der Waals surface area contributed by atoms with Gasteiger partial charge >= 0.3 is 0 Å². The summed E-state index contributed by atoms with van der Waals surface area (Å²) in [7, 11) is -3.90. The number of imidazole rings is 1. The highest BCUT2D eigenvalue weighted by atomic mass is 32.2. The molecule has 0 aliphatic rings. The van der Waals surface area contributed by atoms with Gasteiger partial charge in [0.1, 0.15) is 16.4 Å². The molecule has 1 unspecified atom stereocenters. The molecule has 9 nitrogen and oxygen atoms in total. The fraction of sp³-hybridized carbons (Fsp3) is 0.353. The number of rotatable bonds is 7. The Morgan fingerprint density at radius 1 is 1.30 bits per heavy atom. The number of hydrogen-bond donors (Lipinski definition) is 3. The molecular formula is C17H21N5O4S. The summed E-state index contributed by atoms with van der Waals surface area (Å²) in [6.07, 6.45) is 0.504. The molecular weight excluding hydrogens is 370 g/mol. The Hall–Kier alpha value is -2.72. The summed E-state index contributed by atoms with van der Waals surface area (Å²) in [4.78, 5) is 19.8. The molecule has 3 rings (SSSR count). The lowest BCUT2D eigenvalue weighted by Gasteiger charge is -2.14. The number of carbonyl (C=O) groups excluding carboxylic acids is 1. The van der Waals surface area contributed by atoms with Gasteiger partial charge in [0, 0.05) is 13.0 Å². The largest absolute Gasteiger partial charge is 0.360 e. The molecule has 0 aliphatic carbocycles. The van der Waals surface area contributed by atoms with Crippen molar-refractivity contribution in [3.05, 3.63) is 41.5 Å². The Labute approximate surface area is 156 Å². The molecule has 0 bridgehead atoms. The van der Waals surface area contributed by atoms with Gasteiger partial charge in [-0.15, -0.1) is 0 Å². The standard InChI is InChI=1S/C17H21N5O4S/c1-10-16(12(3)26-21-10)27(24,25)22-11(2)17(23)18-9-8-15-19-13-6-4-5-7-14(13)20-15/h4-7,11,22H,8-9H2,1-3H3,(H,18,23)(H,19,20). The number of H-pyrrole nitrogens is 1.